The molecule has 3 heteroatoms. The molecule has 0 aromatic carbocycles. The van der Waals surface area contributed by atoms with E-state index < -0.39 is 24.0 Å². The van der Waals surface area contributed by atoms with Crippen molar-refractivity contribution in [1.82, 2.24) is 0 Å². The van der Waals surface area contributed by atoms with E-state index in [1.54, 1.807) is 6.92 Å². The van der Waals surface area contributed by atoms with Gasteiger partial charge in [0.2, 0.25) is 0 Å². The van der Waals surface area contributed by atoms with E-state index in [0.717, 1.165) is 0 Å². The van der Waals surface area contributed by atoms with E-state index in [9.17, 15) is 9.50 Å². The van der Waals surface area contributed by atoms with Crippen LogP contribution in [0.1, 0.15) is 20.3 Å². The van der Waals surface area contributed by atoms with Gasteiger partial charge in [0.15, 0.2) is 6.17 Å². The van der Waals surface area contributed by atoms with Gasteiger partial charge in [0.05, 0.1) is 6.10 Å². The Morgan fingerprint density at radius 1 is 1.75 bits per heavy atom. The Morgan fingerprint density at radius 2 is 2.33 bits per heavy atom. The lowest BCUT2D eigenvalue weighted by molar-refractivity contribution is -0.0276. The number of hydrogen-bond acceptors (Lipinski definition) is 2. The van der Waals surface area contributed by atoms with E-state index in [1.807, 2.05) is 6.92 Å². The van der Waals surface area contributed by atoms with Crippen molar-refractivity contribution < 1.29 is 14.2 Å². The monoisotopic (exact) mass is 174 g/mol. The number of aliphatic hydroxyl groups excluding tert-OH is 1. The smallest absolute Gasteiger partial charge is 0.161 e. The van der Waals surface area contributed by atoms with Crippen molar-refractivity contribution in [2.24, 2.45) is 0 Å². The highest BCUT2D eigenvalue weighted by atomic mass is 19.1. The largest absolute Gasteiger partial charge is 0.387 e. The molecule has 1 fully saturated rings. The molecule has 4 atom stereocenters. The van der Waals surface area contributed by atoms with Gasteiger partial charge >= 0.3 is 0 Å². The summed E-state index contributed by atoms with van der Waals surface area (Å²) in [4.78, 5) is 0. The predicted molar refractivity (Wildman–Crippen MR) is 44.7 cm³/mol. The molecule has 12 heavy (non-hydrogen) atoms. The van der Waals surface area contributed by atoms with Crippen molar-refractivity contribution in [1.29, 1.82) is 0 Å². The number of ether oxygens (including phenoxy) is 1. The summed E-state index contributed by atoms with van der Waals surface area (Å²) in [5.74, 6) is 0. The highest BCUT2D eigenvalue weighted by Crippen LogP contribution is 2.36. The molecule has 0 amide bonds. The number of aliphatic hydroxyl groups is 1. The first-order chi connectivity index (χ1) is 5.57. The van der Waals surface area contributed by atoms with Crippen LogP contribution in [0.2, 0.25) is 0 Å². The summed E-state index contributed by atoms with van der Waals surface area (Å²) in [6, 6.07) is 0. The third-order valence-corrected chi connectivity index (χ3v) is 2.55. The summed E-state index contributed by atoms with van der Waals surface area (Å²) in [5, 5.41) is 9.32. The quantitative estimate of drug-likeness (QED) is 0.642. The van der Waals surface area contributed by atoms with Gasteiger partial charge in [-0.1, -0.05) is 13.0 Å². The van der Waals surface area contributed by atoms with Crippen molar-refractivity contribution in [3.8, 4) is 0 Å². The number of alkyl halides is 1. The highest BCUT2D eigenvalue weighted by molar-refractivity contribution is 5.10. The Balaban J connectivity index is 2.86. The van der Waals surface area contributed by atoms with Gasteiger partial charge in [0.25, 0.3) is 0 Å². The van der Waals surface area contributed by atoms with Crippen LogP contribution in [-0.2, 0) is 4.74 Å². The van der Waals surface area contributed by atoms with Crippen LogP contribution < -0.4 is 0 Å². The molecule has 1 saturated heterocycles. The van der Waals surface area contributed by atoms with Gasteiger partial charge in [-0.25, -0.2) is 4.39 Å². The standard InChI is InChI=1S/C9H15FO2/c1-4-9(5-2)8(10)7(11)6(3)12-9/h4,6-8,11H,1,5H2,2-3H3/t6-,7-,8-,9+/m0/s1. The minimum Gasteiger partial charge on any atom is -0.387 e. The second-order valence-corrected chi connectivity index (χ2v) is 3.23. The number of rotatable bonds is 2. The summed E-state index contributed by atoms with van der Waals surface area (Å²) in [7, 11) is 0. The van der Waals surface area contributed by atoms with Crippen LogP contribution >= 0.6 is 0 Å². The van der Waals surface area contributed by atoms with Crippen LogP contribution in [0.3, 0.4) is 0 Å². The molecule has 1 aliphatic rings. The molecule has 0 aliphatic carbocycles. The van der Waals surface area contributed by atoms with Crippen LogP contribution in [-0.4, -0.2) is 29.1 Å². The fourth-order valence-corrected chi connectivity index (χ4v) is 1.59. The molecule has 0 aromatic heterocycles. The van der Waals surface area contributed by atoms with Crippen LogP contribution in [0, 0.1) is 0 Å². The van der Waals surface area contributed by atoms with Crippen molar-refractivity contribution in [2.75, 3.05) is 0 Å². The Morgan fingerprint density at radius 3 is 2.50 bits per heavy atom. The molecular weight excluding hydrogens is 159 g/mol. The van der Waals surface area contributed by atoms with Crippen molar-refractivity contribution in [3.63, 3.8) is 0 Å². The first-order valence-electron chi connectivity index (χ1n) is 4.21. The van der Waals surface area contributed by atoms with Gasteiger partial charge in [0.1, 0.15) is 11.7 Å². The normalized spacial score (nSPS) is 47.8. The van der Waals surface area contributed by atoms with E-state index in [4.69, 9.17) is 4.74 Å². The van der Waals surface area contributed by atoms with Gasteiger partial charge in [-0.3, -0.25) is 0 Å². The zero-order valence-electron chi connectivity index (χ0n) is 7.46. The van der Waals surface area contributed by atoms with E-state index in [-0.39, 0.29) is 0 Å². The summed E-state index contributed by atoms with van der Waals surface area (Å²) >= 11 is 0. The molecule has 1 rings (SSSR count). The lowest BCUT2D eigenvalue weighted by Crippen LogP contribution is -2.37. The maximum absolute atomic E-state index is 13.4. The summed E-state index contributed by atoms with van der Waals surface area (Å²) < 4.78 is 18.8. The lowest BCUT2D eigenvalue weighted by atomic mass is 9.93. The molecule has 1 heterocycles. The molecule has 0 aromatic rings. The van der Waals surface area contributed by atoms with Gasteiger partial charge in [0, 0.05) is 0 Å². The Hall–Kier alpha value is -0.410. The van der Waals surface area contributed by atoms with E-state index in [0.29, 0.717) is 6.42 Å². The fraction of sp³-hybridized carbons (Fsp3) is 0.778. The SMILES string of the molecule is C=C[C@]1(CC)O[C@@H](C)[C@H](O)[C@@H]1F. The first kappa shape index (κ1) is 9.68. The molecule has 70 valence electrons. The van der Waals surface area contributed by atoms with Crippen LogP contribution in [0.15, 0.2) is 12.7 Å². The molecule has 1 aliphatic heterocycles. The summed E-state index contributed by atoms with van der Waals surface area (Å²) in [5.41, 5.74) is -0.973. The second kappa shape index (κ2) is 3.15. The topological polar surface area (TPSA) is 29.5 Å². The molecule has 0 saturated carbocycles. The molecule has 0 radical (unpaired) electrons. The zero-order chi connectivity index (χ0) is 9.35. The number of hydrogen-bond donors (Lipinski definition) is 1. The molecule has 0 bridgehead atoms. The van der Waals surface area contributed by atoms with E-state index in [2.05, 4.69) is 6.58 Å². The Bertz CT molecular complexity index is 183. The van der Waals surface area contributed by atoms with Crippen molar-refractivity contribution in [3.05, 3.63) is 12.7 Å². The molecule has 2 nitrogen and oxygen atoms in total. The minimum atomic E-state index is -1.35. The average Bonchev–Trinajstić information content (AvgIpc) is 2.30. The predicted octanol–water partition coefficient (Wildman–Crippen LogP) is 1.44. The summed E-state index contributed by atoms with van der Waals surface area (Å²) in [6.45, 7) is 7.01. The first-order valence-corrected chi connectivity index (χ1v) is 4.21. The average molecular weight is 174 g/mol. The van der Waals surface area contributed by atoms with Crippen molar-refractivity contribution >= 4 is 0 Å². The lowest BCUT2D eigenvalue weighted by Gasteiger charge is -2.25. The maximum atomic E-state index is 13.4. The summed E-state index contributed by atoms with van der Waals surface area (Å²) in [6.07, 6.45) is -0.875. The van der Waals surface area contributed by atoms with Crippen molar-refractivity contribution in [2.45, 2.75) is 44.2 Å². The minimum absolute atomic E-state index is 0.446. The molecular formula is C9H15FO2. The second-order valence-electron chi connectivity index (χ2n) is 3.23. The third kappa shape index (κ3) is 1.17. The van der Waals surface area contributed by atoms with Gasteiger partial charge in [-0.05, 0) is 13.3 Å². The highest BCUT2D eigenvalue weighted by Gasteiger charge is 2.50. The van der Waals surface area contributed by atoms with E-state index in [1.165, 1.54) is 6.08 Å². The zero-order valence-corrected chi connectivity index (χ0v) is 7.46. The van der Waals surface area contributed by atoms with Crippen LogP contribution in [0.25, 0.3) is 0 Å². The maximum Gasteiger partial charge on any atom is 0.161 e. The van der Waals surface area contributed by atoms with E-state index >= 15 is 0 Å². The van der Waals surface area contributed by atoms with Gasteiger partial charge in [-0.2, -0.15) is 0 Å². The molecule has 0 spiro atoms. The Labute approximate surface area is 72.0 Å². The van der Waals surface area contributed by atoms with Gasteiger partial charge in [-0.15, -0.1) is 6.58 Å². The number of halogens is 1. The molecule has 0 unspecified atom stereocenters. The Kier molecular flexibility index (Phi) is 2.54. The molecule has 1 N–H and O–H groups in total. The third-order valence-electron chi connectivity index (χ3n) is 2.55. The fourth-order valence-electron chi connectivity index (χ4n) is 1.59. The van der Waals surface area contributed by atoms with Crippen LogP contribution in [0.4, 0.5) is 4.39 Å². The van der Waals surface area contributed by atoms with Crippen LogP contribution in [0.5, 0.6) is 0 Å². The van der Waals surface area contributed by atoms with Gasteiger partial charge < -0.3 is 9.84 Å².